The Labute approximate surface area is 137 Å². The van der Waals surface area contributed by atoms with E-state index in [1.165, 1.54) is 6.26 Å². The number of thiazole rings is 1. The molecule has 0 aromatic carbocycles. The van der Waals surface area contributed by atoms with Gasteiger partial charge in [0, 0.05) is 17.5 Å². The Morgan fingerprint density at radius 2 is 2.22 bits per heavy atom. The Kier molecular flexibility index (Phi) is 4.29. The molecule has 0 radical (unpaired) electrons. The maximum atomic E-state index is 12.3. The fraction of sp³-hybridized carbons (Fsp3) is 0.312. The van der Waals surface area contributed by atoms with E-state index in [1.54, 1.807) is 17.4 Å². The van der Waals surface area contributed by atoms with Crippen LogP contribution in [0, 0.1) is 13.8 Å². The molecule has 0 saturated carbocycles. The van der Waals surface area contributed by atoms with Crippen LogP contribution >= 0.6 is 11.3 Å². The van der Waals surface area contributed by atoms with Gasteiger partial charge in [0.25, 0.3) is 5.91 Å². The van der Waals surface area contributed by atoms with Gasteiger partial charge in [0.2, 0.25) is 0 Å². The summed E-state index contributed by atoms with van der Waals surface area (Å²) in [4.78, 5) is 16.6. The second-order valence-corrected chi connectivity index (χ2v) is 6.21. The second kappa shape index (κ2) is 6.37. The average molecular weight is 331 g/mol. The normalized spacial score (nSPS) is 10.9. The maximum absolute atomic E-state index is 12.3. The van der Waals surface area contributed by atoms with Crippen LogP contribution in [0.3, 0.4) is 0 Å². The quantitative estimate of drug-likeness (QED) is 0.774. The molecule has 7 heteroatoms. The third-order valence-electron chi connectivity index (χ3n) is 3.56. The van der Waals surface area contributed by atoms with Crippen molar-refractivity contribution >= 4 is 17.2 Å². The fourth-order valence-corrected chi connectivity index (χ4v) is 2.88. The van der Waals surface area contributed by atoms with Gasteiger partial charge in [-0.1, -0.05) is 12.1 Å². The third kappa shape index (κ3) is 3.19. The van der Waals surface area contributed by atoms with Crippen molar-refractivity contribution in [2.24, 2.45) is 0 Å². The van der Waals surface area contributed by atoms with Crippen LogP contribution in [0.25, 0.3) is 11.5 Å². The molecule has 0 aliphatic heterocycles. The molecular formula is C16H17N3O3S. The number of hydrogen-bond donors (Lipinski definition) is 1. The largest absolute Gasteiger partial charge is 0.462 e. The lowest BCUT2D eigenvalue weighted by molar-refractivity contribution is 0.0950. The van der Waals surface area contributed by atoms with E-state index in [2.05, 4.69) is 15.5 Å². The highest BCUT2D eigenvalue weighted by molar-refractivity contribution is 7.09. The topological polar surface area (TPSA) is 81.2 Å². The molecule has 6 nitrogen and oxygen atoms in total. The first-order valence-electron chi connectivity index (χ1n) is 7.31. The first-order valence-corrected chi connectivity index (χ1v) is 8.19. The Morgan fingerprint density at radius 1 is 1.39 bits per heavy atom. The standard InChI is InChI=1S/C16H17N3O3S/c1-4-13-12(9(2)22-19-13)6-17-16(20)11-5-15(21-7-11)14-8-23-10(3)18-14/h5,7-8H,4,6H2,1-3H3,(H,17,20). The van der Waals surface area contributed by atoms with E-state index in [0.29, 0.717) is 17.9 Å². The first-order chi connectivity index (χ1) is 11.1. The molecule has 1 N–H and O–H groups in total. The van der Waals surface area contributed by atoms with Crippen LogP contribution in [0.1, 0.15) is 39.3 Å². The highest BCUT2D eigenvalue weighted by atomic mass is 32.1. The molecule has 0 aliphatic carbocycles. The lowest BCUT2D eigenvalue weighted by atomic mass is 10.1. The Morgan fingerprint density at radius 3 is 2.91 bits per heavy atom. The maximum Gasteiger partial charge on any atom is 0.254 e. The van der Waals surface area contributed by atoms with Gasteiger partial charge in [-0.3, -0.25) is 4.79 Å². The van der Waals surface area contributed by atoms with E-state index in [1.807, 2.05) is 26.2 Å². The highest BCUT2D eigenvalue weighted by Gasteiger charge is 2.16. The molecule has 1 amide bonds. The average Bonchev–Trinajstić information content (AvgIpc) is 3.24. The van der Waals surface area contributed by atoms with Gasteiger partial charge in [0.1, 0.15) is 17.7 Å². The van der Waals surface area contributed by atoms with Crippen LogP contribution in [0.2, 0.25) is 0 Å². The summed E-state index contributed by atoms with van der Waals surface area (Å²) in [6.45, 7) is 6.15. The third-order valence-corrected chi connectivity index (χ3v) is 4.33. The SMILES string of the molecule is CCc1noc(C)c1CNC(=O)c1coc(-c2csc(C)n2)c1. The van der Waals surface area contributed by atoms with Gasteiger partial charge >= 0.3 is 0 Å². The van der Waals surface area contributed by atoms with Crippen molar-refractivity contribution in [3.63, 3.8) is 0 Å². The van der Waals surface area contributed by atoms with Gasteiger partial charge in [-0.2, -0.15) is 0 Å². The minimum absolute atomic E-state index is 0.199. The molecule has 3 aromatic heterocycles. The number of carbonyl (C=O) groups excluding carboxylic acids is 1. The second-order valence-electron chi connectivity index (χ2n) is 5.15. The number of nitrogens with zero attached hydrogens (tertiary/aromatic N) is 2. The fourth-order valence-electron chi connectivity index (χ4n) is 2.28. The van der Waals surface area contributed by atoms with Crippen molar-refractivity contribution in [1.82, 2.24) is 15.5 Å². The van der Waals surface area contributed by atoms with Crippen LogP contribution in [-0.2, 0) is 13.0 Å². The zero-order valence-electron chi connectivity index (χ0n) is 13.2. The number of aromatic nitrogens is 2. The number of rotatable bonds is 5. The molecule has 0 bridgehead atoms. The van der Waals surface area contributed by atoms with Gasteiger partial charge in [-0.25, -0.2) is 4.98 Å². The van der Waals surface area contributed by atoms with Crippen molar-refractivity contribution in [2.75, 3.05) is 0 Å². The molecule has 120 valence electrons. The number of amides is 1. The summed E-state index contributed by atoms with van der Waals surface area (Å²) in [6.07, 6.45) is 2.21. The Bertz CT molecular complexity index is 831. The van der Waals surface area contributed by atoms with Gasteiger partial charge in [-0.15, -0.1) is 11.3 Å². The van der Waals surface area contributed by atoms with Crippen molar-refractivity contribution in [1.29, 1.82) is 0 Å². The monoisotopic (exact) mass is 331 g/mol. The van der Waals surface area contributed by atoms with Gasteiger partial charge < -0.3 is 14.3 Å². The van der Waals surface area contributed by atoms with E-state index < -0.39 is 0 Å². The summed E-state index contributed by atoms with van der Waals surface area (Å²) >= 11 is 1.54. The van der Waals surface area contributed by atoms with E-state index in [-0.39, 0.29) is 5.91 Å². The zero-order chi connectivity index (χ0) is 16.4. The van der Waals surface area contributed by atoms with Crippen molar-refractivity contribution in [3.8, 4) is 11.5 Å². The number of nitrogens with one attached hydrogen (secondary N) is 1. The summed E-state index contributed by atoms with van der Waals surface area (Å²) in [5.41, 5.74) is 3.01. The molecule has 0 atom stereocenters. The number of carbonyl (C=O) groups is 1. The summed E-state index contributed by atoms with van der Waals surface area (Å²) in [7, 11) is 0. The van der Waals surface area contributed by atoms with E-state index >= 15 is 0 Å². The minimum Gasteiger partial charge on any atom is -0.462 e. The molecule has 3 rings (SSSR count). The molecule has 23 heavy (non-hydrogen) atoms. The van der Waals surface area contributed by atoms with Crippen LogP contribution < -0.4 is 5.32 Å². The molecule has 3 heterocycles. The van der Waals surface area contributed by atoms with E-state index in [4.69, 9.17) is 8.94 Å². The zero-order valence-corrected chi connectivity index (χ0v) is 14.0. The molecular weight excluding hydrogens is 314 g/mol. The van der Waals surface area contributed by atoms with Crippen molar-refractivity contribution in [3.05, 3.63) is 45.3 Å². The van der Waals surface area contributed by atoms with Crippen molar-refractivity contribution in [2.45, 2.75) is 33.7 Å². The Balaban J connectivity index is 1.69. The molecule has 0 saturated heterocycles. The number of hydrogen-bond acceptors (Lipinski definition) is 6. The lowest BCUT2D eigenvalue weighted by Crippen LogP contribution is -2.23. The lowest BCUT2D eigenvalue weighted by Gasteiger charge is -2.03. The minimum atomic E-state index is -0.199. The number of aryl methyl sites for hydroxylation is 3. The predicted octanol–water partition coefficient (Wildman–Crippen LogP) is 3.50. The molecule has 3 aromatic rings. The highest BCUT2D eigenvalue weighted by Crippen LogP contribution is 2.24. The predicted molar refractivity (Wildman–Crippen MR) is 86.3 cm³/mol. The van der Waals surface area contributed by atoms with Gasteiger partial charge in [-0.05, 0) is 26.3 Å². The van der Waals surface area contributed by atoms with Crippen LogP contribution in [-0.4, -0.2) is 16.0 Å². The van der Waals surface area contributed by atoms with E-state index in [0.717, 1.165) is 34.1 Å². The molecule has 0 unspecified atom stereocenters. The van der Waals surface area contributed by atoms with Gasteiger partial charge in [0.15, 0.2) is 5.76 Å². The molecule has 0 spiro atoms. The summed E-state index contributed by atoms with van der Waals surface area (Å²) < 4.78 is 10.6. The number of furan rings is 1. The van der Waals surface area contributed by atoms with Crippen LogP contribution in [0.4, 0.5) is 0 Å². The van der Waals surface area contributed by atoms with Crippen molar-refractivity contribution < 1.29 is 13.7 Å². The summed E-state index contributed by atoms with van der Waals surface area (Å²) in [5.74, 6) is 1.12. The van der Waals surface area contributed by atoms with Crippen LogP contribution in [0.5, 0.6) is 0 Å². The summed E-state index contributed by atoms with van der Waals surface area (Å²) in [6, 6.07) is 1.70. The summed E-state index contributed by atoms with van der Waals surface area (Å²) in [5, 5.41) is 9.71. The smallest absolute Gasteiger partial charge is 0.254 e. The Hall–Kier alpha value is -2.41. The van der Waals surface area contributed by atoms with Crippen LogP contribution in [0.15, 0.2) is 26.6 Å². The van der Waals surface area contributed by atoms with Gasteiger partial charge in [0.05, 0.1) is 16.3 Å². The first kappa shape index (κ1) is 15.5. The molecule has 0 fully saturated rings. The van der Waals surface area contributed by atoms with E-state index in [9.17, 15) is 4.79 Å². The molecule has 0 aliphatic rings.